The van der Waals surface area contributed by atoms with E-state index < -0.39 is 13.3 Å². The van der Waals surface area contributed by atoms with Crippen molar-refractivity contribution in [2.75, 3.05) is 0 Å². The van der Waals surface area contributed by atoms with E-state index in [0.29, 0.717) is 0 Å². The Balaban J connectivity index is 0.000000476. The number of aliphatic hydroxyl groups excluding tert-OH is 1. The van der Waals surface area contributed by atoms with Crippen molar-refractivity contribution < 1.29 is 34.4 Å². The molecule has 4 nitrogen and oxygen atoms in total. The normalized spacial score (nSPS) is 11.6. The van der Waals surface area contributed by atoms with Gasteiger partial charge in [0.25, 0.3) is 0 Å². The Hall–Kier alpha value is -2.41. The second-order valence-corrected chi connectivity index (χ2v) is 20.2. The van der Waals surface area contributed by atoms with Crippen molar-refractivity contribution in [3.63, 3.8) is 0 Å². The molecule has 35 heavy (non-hydrogen) atoms. The van der Waals surface area contributed by atoms with Crippen LogP contribution < -0.4 is 4.40 Å². The molecule has 7 heteroatoms. The van der Waals surface area contributed by atoms with Crippen molar-refractivity contribution in [3.8, 4) is 11.3 Å². The van der Waals surface area contributed by atoms with E-state index in [2.05, 4.69) is 47.4 Å². The van der Waals surface area contributed by atoms with Gasteiger partial charge in [-0.2, -0.15) is 0 Å². The summed E-state index contributed by atoms with van der Waals surface area (Å²) in [5, 5.41) is 11.2. The smallest absolute Gasteiger partial charge is 0 e. The van der Waals surface area contributed by atoms with Gasteiger partial charge >= 0.3 is 162 Å². The van der Waals surface area contributed by atoms with Crippen LogP contribution in [-0.2, 0) is 24.9 Å². The predicted molar refractivity (Wildman–Crippen MR) is 141 cm³/mol. The van der Waals surface area contributed by atoms with Gasteiger partial charge in [-0.25, -0.2) is 0 Å². The van der Waals surface area contributed by atoms with Gasteiger partial charge in [0.15, 0.2) is 5.78 Å². The molecule has 0 amide bonds. The van der Waals surface area contributed by atoms with Gasteiger partial charge in [0.1, 0.15) is 0 Å². The van der Waals surface area contributed by atoms with E-state index in [0.717, 1.165) is 42.9 Å². The minimum atomic E-state index is -2.27. The van der Waals surface area contributed by atoms with Crippen LogP contribution in [0.25, 0.3) is 32.9 Å². The maximum atomic E-state index is 14.5. The number of benzene rings is 2. The van der Waals surface area contributed by atoms with Crippen LogP contribution in [0.3, 0.4) is 0 Å². The number of aryl methyl sites for hydroxylation is 2. The molecule has 0 spiro atoms. The Morgan fingerprint density at radius 2 is 1.71 bits per heavy atom. The van der Waals surface area contributed by atoms with Gasteiger partial charge in [0.2, 0.25) is 0 Å². The van der Waals surface area contributed by atoms with Crippen molar-refractivity contribution in [1.29, 1.82) is 0 Å². The van der Waals surface area contributed by atoms with E-state index in [-0.39, 0.29) is 37.5 Å². The SMILES string of the molecule is CC(=O)/C=C(/C)O.Cc1[c-]c(-c2nccc3c2cnc2[c]([Ge]([CH3])([CH3])[CH3])cc(F)cc23)cc(C)c1.[Ir]. The number of ketones is 1. The van der Waals surface area contributed by atoms with Crippen LogP contribution in [0.1, 0.15) is 25.0 Å². The second-order valence-electron chi connectivity index (χ2n) is 9.63. The summed E-state index contributed by atoms with van der Waals surface area (Å²) in [6, 6.07) is 12.8. The zero-order valence-electron chi connectivity index (χ0n) is 21.1. The van der Waals surface area contributed by atoms with Crippen LogP contribution in [0.5, 0.6) is 0 Å². The standard InChI is InChI=1S/C23H22FGeN2.C5H8O2.Ir/c1-14-8-15(2)10-16(9-14)22-20-13-27-23-19(18(20)6-7-26-22)11-17(24)12-21(23)25(3,4)5;1-4(6)3-5(2)7;/h6-9,11-13H,1-5H3;3,6H,1-2H3;/q-1;;/b;4-3-;. The average molecular weight is 710 g/mol. The fourth-order valence-corrected chi connectivity index (χ4v) is 7.12. The first-order valence-electron chi connectivity index (χ1n) is 11.1. The molecule has 0 fully saturated rings. The summed E-state index contributed by atoms with van der Waals surface area (Å²) < 4.78 is 15.6. The van der Waals surface area contributed by atoms with Crippen LogP contribution in [0.2, 0.25) is 17.3 Å². The molecule has 1 N–H and O–H groups in total. The Kier molecular flexibility index (Phi) is 9.51. The number of rotatable bonds is 3. The molecule has 0 aliphatic carbocycles. The quantitative estimate of drug-likeness (QED) is 0.0858. The topological polar surface area (TPSA) is 63.1 Å². The molecule has 0 bridgehead atoms. The molecule has 2 aromatic carbocycles. The third-order valence-electron chi connectivity index (χ3n) is 5.30. The average Bonchev–Trinajstić information content (AvgIpc) is 2.70. The molecule has 2 aromatic heterocycles. The van der Waals surface area contributed by atoms with E-state index in [4.69, 9.17) is 10.1 Å². The van der Waals surface area contributed by atoms with Crippen LogP contribution in [0.15, 0.2) is 54.6 Å². The number of fused-ring (bicyclic) bond motifs is 3. The van der Waals surface area contributed by atoms with E-state index in [1.165, 1.54) is 25.5 Å². The zero-order chi connectivity index (χ0) is 25.2. The number of pyridine rings is 2. The monoisotopic (exact) mass is 712 g/mol. The van der Waals surface area contributed by atoms with Crippen molar-refractivity contribution in [2.24, 2.45) is 0 Å². The molecule has 0 unspecified atom stereocenters. The molecular formula is C28H30FGeIrN2O2-. The number of hydrogen-bond acceptors (Lipinski definition) is 4. The van der Waals surface area contributed by atoms with Gasteiger partial charge < -0.3 is 5.11 Å². The molecule has 0 saturated carbocycles. The Morgan fingerprint density at radius 3 is 2.26 bits per heavy atom. The van der Waals surface area contributed by atoms with E-state index in [1.807, 2.05) is 19.2 Å². The minimum absolute atomic E-state index is 0. The molecule has 4 aromatic rings. The number of aliphatic hydroxyl groups is 1. The van der Waals surface area contributed by atoms with Gasteiger partial charge in [-0.3, -0.25) is 4.79 Å². The van der Waals surface area contributed by atoms with Gasteiger partial charge in [-0.15, -0.1) is 0 Å². The van der Waals surface area contributed by atoms with Crippen molar-refractivity contribution in [2.45, 2.75) is 45.0 Å². The van der Waals surface area contributed by atoms with Gasteiger partial charge in [0.05, 0.1) is 5.76 Å². The number of allylic oxidation sites excluding steroid dienone is 2. The van der Waals surface area contributed by atoms with Crippen LogP contribution in [-0.4, -0.2) is 34.1 Å². The Labute approximate surface area is 222 Å². The molecule has 4 rings (SSSR count). The summed E-state index contributed by atoms with van der Waals surface area (Å²) in [4.78, 5) is 19.4. The third-order valence-corrected chi connectivity index (χ3v) is 9.49. The van der Waals surface area contributed by atoms with E-state index in [1.54, 1.807) is 18.3 Å². The number of halogens is 1. The molecule has 0 atom stereocenters. The van der Waals surface area contributed by atoms with E-state index in [9.17, 15) is 9.18 Å². The summed E-state index contributed by atoms with van der Waals surface area (Å²) in [5.74, 6) is 6.55. The predicted octanol–water partition coefficient (Wildman–Crippen LogP) is 6.59. The molecular weight excluding hydrogens is 680 g/mol. The van der Waals surface area contributed by atoms with Crippen LogP contribution in [0.4, 0.5) is 4.39 Å². The summed E-state index contributed by atoms with van der Waals surface area (Å²) in [7, 11) is 0. The second kappa shape index (κ2) is 11.6. The van der Waals surface area contributed by atoms with Crippen LogP contribution in [0, 0.1) is 25.7 Å². The van der Waals surface area contributed by atoms with Crippen molar-refractivity contribution in [1.82, 2.24) is 9.97 Å². The number of nitrogens with zero attached hydrogens (tertiary/aromatic N) is 2. The first kappa shape index (κ1) is 28.8. The zero-order valence-corrected chi connectivity index (χ0v) is 25.6. The minimum Gasteiger partial charge on any atom is 0 e. The summed E-state index contributed by atoms with van der Waals surface area (Å²) >= 11 is -2.27. The third kappa shape index (κ3) is 7.06. The van der Waals surface area contributed by atoms with Gasteiger partial charge in [0, 0.05) is 26.2 Å². The number of carbonyl (C=O) groups is 1. The Bertz CT molecular complexity index is 1400. The largest absolute Gasteiger partial charge is 0 e. The van der Waals surface area contributed by atoms with Gasteiger partial charge in [-0.1, -0.05) is 0 Å². The Morgan fingerprint density at radius 1 is 1.03 bits per heavy atom. The molecule has 1 radical (unpaired) electrons. The molecule has 0 aliphatic heterocycles. The maximum Gasteiger partial charge on any atom is 0 e. The first-order chi connectivity index (χ1) is 15.9. The molecule has 185 valence electrons. The summed E-state index contributed by atoms with van der Waals surface area (Å²) in [5.41, 5.74) is 4.97. The molecule has 2 heterocycles. The molecule has 0 saturated heterocycles. The summed E-state index contributed by atoms with van der Waals surface area (Å²) in [6.45, 7) is 6.95. The number of aromatic nitrogens is 2. The molecule has 0 aliphatic rings. The summed E-state index contributed by atoms with van der Waals surface area (Å²) in [6.07, 6.45) is 4.85. The fourth-order valence-electron chi connectivity index (χ4n) is 4.02. The number of carbonyl (C=O) groups excluding carboxylic acids is 1. The van der Waals surface area contributed by atoms with Crippen molar-refractivity contribution in [3.05, 3.63) is 77.6 Å². The maximum absolute atomic E-state index is 14.5. The van der Waals surface area contributed by atoms with Gasteiger partial charge in [-0.05, 0) is 13.8 Å². The van der Waals surface area contributed by atoms with Crippen molar-refractivity contribution >= 4 is 45.1 Å². The van der Waals surface area contributed by atoms with E-state index >= 15 is 0 Å². The fraction of sp³-hybridized carbons (Fsp3) is 0.250. The van der Waals surface area contributed by atoms with Crippen LogP contribution >= 0.6 is 0 Å². The first-order valence-corrected chi connectivity index (χ1v) is 18.5. The number of hydrogen-bond donors (Lipinski definition) is 1.